The molecule has 0 N–H and O–H groups in total. The molecular weight excluding hydrogens is 202 g/mol. The van der Waals surface area contributed by atoms with E-state index in [4.69, 9.17) is 14.7 Å². The normalized spacial score (nSPS) is 9.50. The largest absolute Gasteiger partial charge is 0.494 e. The van der Waals surface area contributed by atoms with Gasteiger partial charge in [-0.3, -0.25) is 0 Å². The lowest BCUT2D eigenvalue weighted by atomic mass is 10.2. The van der Waals surface area contributed by atoms with E-state index in [1.54, 1.807) is 0 Å². The number of rotatable bonds is 7. The standard InChI is InChI=1S/C13H17NO2/c1-2-15-12-7-6-8-13(11-12)16-10-5-3-4-9-14/h6-8,11H,2-5,10H2,1H3. The molecule has 0 fully saturated rings. The molecule has 1 aromatic rings. The maximum Gasteiger partial charge on any atom is 0.122 e. The van der Waals surface area contributed by atoms with Crippen LogP contribution in [0.2, 0.25) is 0 Å². The molecule has 0 heterocycles. The topological polar surface area (TPSA) is 42.2 Å². The van der Waals surface area contributed by atoms with E-state index >= 15 is 0 Å². The molecule has 0 amide bonds. The van der Waals surface area contributed by atoms with Crippen molar-refractivity contribution in [2.24, 2.45) is 0 Å². The van der Waals surface area contributed by atoms with E-state index in [9.17, 15) is 0 Å². The summed E-state index contributed by atoms with van der Waals surface area (Å²) >= 11 is 0. The van der Waals surface area contributed by atoms with E-state index in [-0.39, 0.29) is 0 Å². The van der Waals surface area contributed by atoms with Gasteiger partial charge in [0.15, 0.2) is 0 Å². The van der Waals surface area contributed by atoms with Crippen molar-refractivity contribution in [1.82, 2.24) is 0 Å². The van der Waals surface area contributed by atoms with Gasteiger partial charge in [-0.1, -0.05) is 6.07 Å². The van der Waals surface area contributed by atoms with Gasteiger partial charge in [0.1, 0.15) is 11.5 Å². The van der Waals surface area contributed by atoms with Crippen LogP contribution in [0, 0.1) is 11.3 Å². The van der Waals surface area contributed by atoms with Crippen LogP contribution < -0.4 is 9.47 Å². The fourth-order valence-corrected chi connectivity index (χ4v) is 1.32. The summed E-state index contributed by atoms with van der Waals surface area (Å²) in [7, 11) is 0. The summed E-state index contributed by atoms with van der Waals surface area (Å²) in [6, 6.07) is 9.73. The van der Waals surface area contributed by atoms with E-state index < -0.39 is 0 Å². The Bertz CT molecular complexity index is 344. The quantitative estimate of drug-likeness (QED) is 0.661. The van der Waals surface area contributed by atoms with Crippen molar-refractivity contribution in [3.63, 3.8) is 0 Å². The highest BCUT2D eigenvalue weighted by molar-refractivity contribution is 5.32. The summed E-state index contributed by atoms with van der Waals surface area (Å²) < 4.78 is 10.9. The molecule has 0 aliphatic rings. The zero-order valence-electron chi connectivity index (χ0n) is 9.61. The van der Waals surface area contributed by atoms with Crippen LogP contribution in [0.3, 0.4) is 0 Å². The predicted octanol–water partition coefficient (Wildman–Crippen LogP) is 3.16. The number of nitrogens with zero attached hydrogens (tertiary/aromatic N) is 1. The fourth-order valence-electron chi connectivity index (χ4n) is 1.32. The summed E-state index contributed by atoms with van der Waals surface area (Å²) in [5.74, 6) is 1.65. The highest BCUT2D eigenvalue weighted by Crippen LogP contribution is 2.19. The van der Waals surface area contributed by atoms with E-state index in [0.29, 0.717) is 19.6 Å². The number of hydrogen-bond acceptors (Lipinski definition) is 3. The molecule has 3 nitrogen and oxygen atoms in total. The molecule has 0 aliphatic heterocycles. The lowest BCUT2D eigenvalue weighted by Gasteiger charge is -2.07. The number of hydrogen-bond donors (Lipinski definition) is 0. The maximum absolute atomic E-state index is 8.37. The van der Waals surface area contributed by atoms with Crippen LogP contribution in [0.4, 0.5) is 0 Å². The van der Waals surface area contributed by atoms with Gasteiger partial charge in [0, 0.05) is 12.5 Å². The zero-order valence-corrected chi connectivity index (χ0v) is 9.61. The Morgan fingerprint density at radius 1 is 1.19 bits per heavy atom. The minimum absolute atomic E-state index is 0.600. The van der Waals surface area contributed by atoms with Gasteiger partial charge in [-0.05, 0) is 31.9 Å². The maximum atomic E-state index is 8.37. The highest BCUT2D eigenvalue weighted by Gasteiger charge is 1.97. The van der Waals surface area contributed by atoms with Crippen molar-refractivity contribution in [3.05, 3.63) is 24.3 Å². The molecule has 0 spiro atoms. The summed E-state index contributed by atoms with van der Waals surface area (Å²) in [6.45, 7) is 3.26. The van der Waals surface area contributed by atoms with Crippen LogP contribution in [0.5, 0.6) is 11.5 Å². The Kier molecular flexibility index (Phi) is 5.87. The van der Waals surface area contributed by atoms with Crippen LogP contribution in [-0.2, 0) is 0 Å². The molecule has 0 atom stereocenters. The minimum atomic E-state index is 0.600. The lowest BCUT2D eigenvalue weighted by molar-refractivity contribution is 0.301. The van der Waals surface area contributed by atoms with Crippen LogP contribution in [-0.4, -0.2) is 13.2 Å². The van der Waals surface area contributed by atoms with Crippen LogP contribution in [0.1, 0.15) is 26.2 Å². The summed E-state index contributed by atoms with van der Waals surface area (Å²) in [5, 5.41) is 8.37. The molecule has 0 radical (unpaired) electrons. The van der Waals surface area contributed by atoms with Crippen molar-refractivity contribution < 1.29 is 9.47 Å². The van der Waals surface area contributed by atoms with Gasteiger partial charge < -0.3 is 9.47 Å². The van der Waals surface area contributed by atoms with E-state index in [1.165, 1.54) is 0 Å². The first-order valence-corrected chi connectivity index (χ1v) is 5.59. The van der Waals surface area contributed by atoms with Crippen molar-refractivity contribution in [1.29, 1.82) is 5.26 Å². The highest BCUT2D eigenvalue weighted by atomic mass is 16.5. The van der Waals surface area contributed by atoms with Crippen molar-refractivity contribution >= 4 is 0 Å². The molecule has 3 heteroatoms. The number of benzene rings is 1. The second kappa shape index (κ2) is 7.58. The third-order valence-corrected chi connectivity index (χ3v) is 2.07. The second-order valence-corrected chi connectivity index (χ2v) is 3.37. The molecule has 1 rings (SSSR count). The van der Waals surface area contributed by atoms with Gasteiger partial charge in [-0.15, -0.1) is 0 Å². The first kappa shape index (κ1) is 12.4. The molecule has 0 saturated carbocycles. The van der Waals surface area contributed by atoms with E-state index in [2.05, 4.69) is 6.07 Å². The average molecular weight is 219 g/mol. The molecule has 0 saturated heterocycles. The van der Waals surface area contributed by atoms with Crippen LogP contribution in [0.15, 0.2) is 24.3 Å². The first-order valence-electron chi connectivity index (χ1n) is 5.59. The van der Waals surface area contributed by atoms with Crippen molar-refractivity contribution in [3.8, 4) is 17.6 Å². The monoisotopic (exact) mass is 219 g/mol. The van der Waals surface area contributed by atoms with E-state index in [0.717, 1.165) is 24.3 Å². The summed E-state index contributed by atoms with van der Waals surface area (Å²) in [5.41, 5.74) is 0. The zero-order chi connectivity index (χ0) is 11.6. The Balaban J connectivity index is 2.30. The van der Waals surface area contributed by atoms with Gasteiger partial charge in [0.2, 0.25) is 0 Å². The Hall–Kier alpha value is -1.69. The first-order chi connectivity index (χ1) is 7.86. The summed E-state index contributed by atoms with van der Waals surface area (Å²) in [4.78, 5) is 0. The number of unbranched alkanes of at least 4 members (excludes halogenated alkanes) is 2. The predicted molar refractivity (Wildman–Crippen MR) is 62.6 cm³/mol. The van der Waals surface area contributed by atoms with Crippen LogP contribution >= 0.6 is 0 Å². The van der Waals surface area contributed by atoms with Crippen LogP contribution in [0.25, 0.3) is 0 Å². The Morgan fingerprint density at radius 3 is 2.62 bits per heavy atom. The molecular formula is C13H17NO2. The minimum Gasteiger partial charge on any atom is -0.494 e. The molecule has 16 heavy (non-hydrogen) atoms. The second-order valence-electron chi connectivity index (χ2n) is 3.37. The third kappa shape index (κ3) is 4.70. The molecule has 1 aromatic carbocycles. The van der Waals surface area contributed by atoms with E-state index in [1.807, 2.05) is 31.2 Å². The molecule has 0 aliphatic carbocycles. The Labute approximate surface area is 96.6 Å². The van der Waals surface area contributed by atoms with Crippen molar-refractivity contribution in [2.45, 2.75) is 26.2 Å². The Morgan fingerprint density at radius 2 is 1.94 bits per heavy atom. The average Bonchev–Trinajstić information content (AvgIpc) is 2.30. The van der Waals surface area contributed by atoms with Crippen molar-refractivity contribution in [2.75, 3.05) is 13.2 Å². The number of nitriles is 1. The summed E-state index contributed by atoms with van der Waals surface area (Å²) in [6.07, 6.45) is 2.40. The lowest BCUT2D eigenvalue weighted by Crippen LogP contribution is -1.98. The molecule has 86 valence electrons. The van der Waals surface area contributed by atoms with Gasteiger partial charge in [0.05, 0.1) is 19.3 Å². The smallest absolute Gasteiger partial charge is 0.122 e. The van der Waals surface area contributed by atoms with Gasteiger partial charge >= 0.3 is 0 Å². The fraction of sp³-hybridized carbons (Fsp3) is 0.462. The van der Waals surface area contributed by atoms with Gasteiger partial charge in [-0.25, -0.2) is 0 Å². The van der Waals surface area contributed by atoms with Gasteiger partial charge in [-0.2, -0.15) is 5.26 Å². The molecule has 0 unspecified atom stereocenters. The van der Waals surface area contributed by atoms with Gasteiger partial charge in [0.25, 0.3) is 0 Å². The SMILES string of the molecule is CCOc1cccc(OCCCCC#N)c1. The number of ether oxygens (including phenoxy) is 2. The molecule has 0 bridgehead atoms. The third-order valence-electron chi connectivity index (χ3n) is 2.07. The molecule has 0 aromatic heterocycles.